The third-order valence-electron chi connectivity index (χ3n) is 4.31. The van der Waals surface area contributed by atoms with Crippen molar-refractivity contribution in [1.29, 1.82) is 0 Å². The van der Waals surface area contributed by atoms with Gasteiger partial charge in [-0.15, -0.1) is 0 Å². The first kappa shape index (κ1) is 18.0. The summed E-state index contributed by atoms with van der Waals surface area (Å²) in [4.78, 5) is 26.2. The van der Waals surface area contributed by atoms with Crippen LogP contribution in [0.2, 0.25) is 0 Å². The number of likely N-dealkylation sites (tertiary alicyclic amines) is 1. The zero-order chi connectivity index (χ0) is 16.3. The minimum absolute atomic E-state index is 0.00391. The van der Waals surface area contributed by atoms with Crippen LogP contribution in [-0.2, 0) is 9.59 Å². The third kappa shape index (κ3) is 3.96. The fourth-order valence-electron chi connectivity index (χ4n) is 3.43. The van der Waals surface area contributed by atoms with Crippen molar-refractivity contribution < 1.29 is 14.7 Å². The summed E-state index contributed by atoms with van der Waals surface area (Å²) in [5.74, 6) is -1.25. The molecule has 0 aromatic rings. The van der Waals surface area contributed by atoms with Gasteiger partial charge in [0.2, 0.25) is 5.91 Å². The van der Waals surface area contributed by atoms with Crippen molar-refractivity contribution in [3.8, 4) is 0 Å². The van der Waals surface area contributed by atoms with E-state index >= 15 is 0 Å². The number of rotatable bonds is 6. The van der Waals surface area contributed by atoms with Crippen LogP contribution in [0.1, 0.15) is 59.8 Å². The maximum atomic E-state index is 12.8. The molecular weight excluding hydrogens is 268 g/mol. The first-order valence-corrected chi connectivity index (χ1v) is 7.93. The van der Waals surface area contributed by atoms with Crippen LogP contribution in [0.15, 0.2) is 0 Å². The Labute approximate surface area is 127 Å². The molecule has 5 nitrogen and oxygen atoms in total. The smallest absolute Gasteiger partial charge is 0.329 e. The van der Waals surface area contributed by atoms with Crippen LogP contribution in [0.5, 0.6) is 0 Å². The Balaban J connectivity index is 2.99. The number of carbonyl (C=O) groups excluding carboxylic acids is 1. The minimum Gasteiger partial charge on any atom is -0.479 e. The molecule has 2 atom stereocenters. The highest BCUT2D eigenvalue weighted by Crippen LogP contribution is 2.36. The maximum Gasteiger partial charge on any atom is 0.329 e. The van der Waals surface area contributed by atoms with Gasteiger partial charge in [0.15, 0.2) is 0 Å². The van der Waals surface area contributed by atoms with Crippen LogP contribution in [0.25, 0.3) is 0 Å². The number of amides is 1. The molecule has 0 aromatic heterocycles. The average molecular weight is 298 g/mol. The number of hydrogen-bond donors (Lipinski definition) is 2. The van der Waals surface area contributed by atoms with E-state index in [1.165, 1.54) is 0 Å². The molecule has 1 saturated heterocycles. The van der Waals surface area contributed by atoms with Crippen molar-refractivity contribution >= 4 is 11.9 Å². The summed E-state index contributed by atoms with van der Waals surface area (Å²) in [6.07, 6.45) is 3.25. The summed E-state index contributed by atoms with van der Waals surface area (Å²) in [5, 5.41) is 9.68. The van der Waals surface area contributed by atoms with Gasteiger partial charge in [0.1, 0.15) is 5.54 Å². The largest absolute Gasteiger partial charge is 0.479 e. The molecule has 2 unspecified atom stereocenters. The quantitative estimate of drug-likeness (QED) is 0.787. The average Bonchev–Trinajstić information content (AvgIpc) is 2.79. The molecule has 122 valence electrons. The highest BCUT2D eigenvalue weighted by molar-refractivity contribution is 5.89. The zero-order valence-electron chi connectivity index (χ0n) is 13.8. The zero-order valence-corrected chi connectivity index (χ0v) is 13.8. The van der Waals surface area contributed by atoms with E-state index in [2.05, 4.69) is 20.8 Å². The topological polar surface area (TPSA) is 83.6 Å². The van der Waals surface area contributed by atoms with Gasteiger partial charge in [-0.1, -0.05) is 34.1 Å². The van der Waals surface area contributed by atoms with E-state index in [9.17, 15) is 14.7 Å². The van der Waals surface area contributed by atoms with Crippen molar-refractivity contribution in [2.75, 3.05) is 13.1 Å². The fourth-order valence-corrected chi connectivity index (χ4v) is 3.43. The van der Waals surface area contributed by atoms with Gasteiger partial charge in [-0.3, -0.25) is 4.79 Å². The Bertz CT molecular complexity index is 389. The molecule has 1 amide bonds. The number of carbonyl (C=O) groups is 2. The monoisotopic (exact) mass is 298 g/mol. The van der Waals surface area contributed by atoms with Crippen molar-refractivity contribution in [3.63, 3.8) is 0 Å². The molecule has 1 fully saturated rings. The third-order valence-corrected chi connectivity index (χ3v) is 4.31. The molecule has 21 heavy (non-hydrogen) atoms. The summed E-state index contributed by atoms with van der Waals surface area (Å²) in [5.41, 5.74) is 4.77. The van der Waals surface area contributed by atoms with E-state index < -0.39 is 11.5 Å². The summed E-state index contributed by atoms with van der Waals surface area (Å²) in [7, 11) is 0. The molecule has 0 spiro atoms. The summed E-state index contributed by atoms with van der Waals surface area (Å²) < 4.78 is 0. The van der Waals surface area contributed by atoms with Crippen molar-refractivity contribution in [2.45, 2.75) is 65.3 Å². The van der Waals surface area contributed by atoms with Crippen LogP contribution in [0, 0.1) is 11.3 Å². The Morgan fingerprint density at radius 2 is 2.00 bits per heavy atom. The Morgan fingerprint density at radius 3 is 2.43 bits per heavy atom. The molecule has 1 rings (SSSR count). The van der Waals surface area contributed by atoms with Gasteiger partial charge in [0.05, 0.1) is 5.92 Å². The van der Waals surface area contributed by atoms with Crippen molar-refractivity contribution in [1.82, 2.24) is 4.90 Å². The molecule has 1 aliphatic rings. The summed E-state index contributed by atoms with van der Waals surface area (Å²) in [6, 6.07) is 0. The molecule has 1 aliphatic heterocycles. The molecule has 0 bridgehead atoms. The number of aliphatic carboxylic acids is 1. The van der Waals surface area contributed by atoms with Crippen LogP contribution in [-0.4, -0.2) is 40.5 Å². The molecule has 0 saturated carbocycles. The van der Waals surface area contributed by atoms with E-state index in [-0.39, 0.29) is 23.8 Å². The predicted molar refractivity (Wildman–Crippen MR) is 82.8 cm³/mol. The highest BCUT2D eigenvalue weighted by atomic mass is 16.4. The first-order chi connectivity index (χ1) is 9.68. The second-order valence-corrected chi connectivity index (χ2v) is 7.38. The number of nitrogens with two attached hydrogens (primary N) is 1. The number of carboxylic acids is 1. The van der Waals surface area contributed by atoms with Gasteiger partial charge >= 0.3 is 5.97 Å². The molecule has 5 heteroatoms. The van der Waals surface area contributed by atoms with E-state index in [0.29, 0.717) is 25.8 Å². The van der Waals surface area contributed by atoms with E-state index in [4.69, 9.17) is 5.73 Å². The minimum atomic E-state index is -1.02. The second kappa shape index (κ2) is 6.77. The fraction of sp³-hybridized carbons (Fsp3) is 0.875. The van der Waals surface area contributed by atoms with Gasteiger partial charge in [0, 0.05) is 13.1 Å². The van der Waals surface area contributed by atoms with Crippen molar-refractivity contribution in [3.05, 3.63) is 0 Å². The molecule has 3 N–H and O–H groups in total. The van der Waals surface area contributed by atoms with Crippen molar-refractivity contribution in [2.24, 2.45) is 17.1 Å². The first-order valence-electron chi connectivity index (χ1n) is 7.93. The number of carboxylic acid groups (broad SMARTS) is 1. The van der Waals surface area contributed by atoms with Crippen LogP contribution < -0.4 is 5.73 Å². The summed E-state index contributed by atoms with van der Waals surface area (Å²) in [6.45, 7) is 8.98. The van der Waals surface area contributed by atoms with E-state index in [1.54, 1.807) is 4.90 Å². The lowest BCUT2D eigenvalue weighted by atomic mass is 9.83. The lowest BCUT2D eigenvalue weighted by Crippen LogP contribution is -2.55. The Kier molecular flexibility index (Phi) is 5.79. The SMILES string of the molecule is CCCC1(C(=O)O)CCCN1C(=O)C(CN)CC(C)(C)C. The molecule has 1 heterocycles. The molecule has 0 aliphatic carbocycles. The summed E-state index contributed by atoms with van der Waals surface area (Å²) >= 11 is 0. The predicted octanol–water partition coefficient (Wildman–Crippen LogP) is 2.24. The lowest BCUT2D eigenvalue weighted by molar-refractivity contribution is -0.159. The number of hydrogen-bond acceptors (Lipinski definition) is 3. The van der Waals surface area contributed by atoms with Gasteiger partial charge < -0.3 is 15.7 Å². The molecule has 0 radical (unpaired) electrons. The lowest BCUT2D eigenvalue weighted by Gasteiger charge is -2.37. The van der Waals surface area contributed by atoms with E-state index in [1.807, 2.05) is 6.92 Å². The van der Waals surface area contributed by atoms with Crippen LogP contribution in [0.4, 0.5) is 0 Å². The molecule has 0 aromatic carbocycles. The van der Waals surface area contributed by atoms with Crippen LogP contribution in [0.3, 0.4) is 0 Å². The highest BCUT2D eigenvalue weighted by Gasteiger charge is 2.50. The number of nitrogens with zero attached hydrogens (tertiary/aromatic N) is 1. The van der Waals surface area contributed by atoms with Gasteiger partial charge in [-0.2, -0.15) is 0 Å². The Hall–Kier alpha value is -1.10. The van der Waals surface area contributed by atoms with Crippen LogP contribution >= 0.6 is 0 Å². The van der Waals surface area contributed by atoms with E-state index in [0.717, 1.165) is 12.8 Å². The van der Waals surface area contributed by atoms with Gasteiger partial charge in [0.25, 0.3) is 0 Å². The molecular formula is C16H30N2O3. The second-order valence-electron chi connectivity index (χ2n) is 7.38. The standard InChI is InChI=1S/C16H30N2O3/c1-5-7-16(14(20)21)8-6-9-18(16)13(19)12(11-17)10-15(2,3)4/h12H,5-11,17H2,1-4H3,(H,20,21). The maximum absolute atomic E-state index is 12.8. The normalized spacial score (nSPS) is 24.1. The van der Waals surface area contributed by atoms with Gasteiger partial charge in [-0.25, -0.2) is 4.79 Å². The Morgan fingerprint density at radius 1 is 1.38 bits per heavy atom. The van der Waals surface area contributed by atoms with Gasteiger partial charge in [-0.05, 0) is 31.1 Å².